The molecule has 1 aliphatic rings. The van der Waals surface area contributed by atoms with Gasteiger partial charge < -0.3 is 19.7 Å². The third kappa shape index (κ3) is 4.06. The van der Waals surface area contributed by atoms with Crippen LogP contribution in [0.3, 0.4) is 0 Å². The van der Waals surface area contributed by atoms with Crippen LogP contribution in [0.4, 0.5) is 5.69 Å². The highest BCUT2D eigenvalue weighted by molar-refractivity contribution is 6.31. The third-order valence-corrected chi connectivity index (χ3v) is 3.86. The first-order chi connectivity index (χ1) is 11.1. The average molecular weight is 334 g/mol. The summed E-state index contributed by atoms with van der Waals surface area (Å²) in [6.07, 6.45) is 1.71. The van der Waals surface area contributed by atoms with Gasteiger partial charge in [-0.25, -0.2) is 0 Å². The van der Waals surface area contributed by atoms with Crippen molar-refractivity contribution in [1.82, 2.24) is 9.88 Å². The summed E-state index contributed by atoms with van der Waals surface area (Å²) in [6.45, 7) is 2.57. The van der Waals surface area contributed by atoms with Gasteiger partial charge in [0.2, 0.25) is 0 Å². The zero-order valence-corrected chi connectivity index (χ0v) is 14.1. The van der Waals surface area contributed by atoms with Crippen molar-refractivity contribution in [2.75, 3.05) is 32.6 Å². The Morgan fingerprint density at radius 3 is 2.74 bits per heavy atom. The fraction of sp³-hybridized carbons (Fsp3) is 0.353. The number of nitrogens with zero attached hydrogens (tertiary/aromatic N) is 2. The van der Waals surface area contributed by atoms with E-state index in [0.29, 0.717) is 25.5 Å². The minimum absolute atomic E-state index is 0.575. The number of benzene rings is 1. The first-order valence-electron chi connectivity index (χ1n) is 7.53. The van der Waals surface area contributed by atoms with E-state index in [1.807, 2.05) is 32.3 Å². The number of pyridine rings is 1. The number of nitrogens with one attached hydrogen (secondary N) is 1. The van der Waals surface area contributed by atoms with Gasteiger partial charge in [0.1, 0.15) is 13.2 Å². The molecule has 0 spiro atoms. The Bertz CT molecular complexity index is 692. The predicted octanol–water partition coefficient (Wildman–Crippen LogP) is 3.18. The normalized spacial score (nSPS) is 13.2. The van der Waals surface area contributed by atoms with Gasteiger partial charge in [-0.1, -0.05) is 11.6 Å². The molecule has 0 atom stereocenters. The van der Waals surface area contributed by atoms with E-state index in [9.17, 15) is 0 Å². The molecular weight excluding hydrogens is 314 g/mol. The van der Waals surface area contributed by atoms with Gasteiger partial charge >= 0.3 is 0 Å². The summed E-state index contributed by atoms with van der Waals surface area (Å²) in [5, 5.41) is 4.15. The van der Waals surface area contributed by atoms with Crippen molar-refractivity contribution in [3.8, 4) is 11.5 Å². The molecule has 122 valence electrons. The lowest BCUT2D eigenvalue weighted by Crippen LogP contribution is -2.16. The largest absolute Gasteiger partial charge is 0.486 e. The molecule has 2 aromatic rings. The van der Waals surface area contributed by atoms with Gasteiger partial charge in [-0.2, -0.15) is 0 Å². The first-order valence-corrected chi connectivity index (χ1v) is 7.91. The minimum atomic E-state index is 0.575. The van der Waals surface area contributed by atoms with E-state index in [4.69, 9.17) is 21.1 Å². The van der Waals surface area contributed by atoms with Crippen LogP contribution in [0.2, 0.25) is 5.02 Å². The highest BCUT2D eigenvalue weighted by atomic mass is 35.5. The number of hydrogen-bond acceptors (Lipinski definition) is 5. The molecule has 3 rings (SSSR count). The number of rotatable bonds is 5. The number of anilines is 1. The fourth-order valence-electron chi connectivity index (χ4n) is 2.43. The van der Waals surface area contributed by atoms with Gasteiger partial charge in [0.15, 0.2) is 11.5 Å². The van der Waals surface area contributed by atoms with Crippen molar-refractivity contribution in [3.05, 3.63) is 46.7 Å². The molecule has 1 aromatic carbocycles. The Hall–Kier alpha value is -1.98. The number of hydrogen-bond donors (Lipinski definition) is 1. The molecule has 2 heterocycles. The molecule has 0 unspecified atom stereocenters. The molecule has 0 bridgehead atoms. The molecule has 5 nitrogen and oxygen atoms in total. The molecule has 1 N–H and O–H groups in total. The second-order valence-electron chi connectivity index (χ2n) is 5.72. The van der Waals surface area contributed by atoms with Crippen molar-refractivity contribution in [1.29, 1.82) is 0 Å². The van der Waals surface area contributed by atoms with Crippen LogP contribution < -0.4 is 14.8 Å². The van der Waals surface area contributed by atoms with Crippen LogP contribution in [0.1, 0.15) is 11.3 Å². The molecule has 0 amide bonds. The summed E-state index contributed by atoms with van der Waals surface area (Å²) in [5.74, 6) is 1.47. The molecule has 0 saturated heterocycles. The summed E-state index contributed by atoms with van der Waals surface area (Å²) in [6, 6.07) is 7.87. The van der Waals surface area contributed by atoms with Crippen molar-refractivity contribution in [3.63, 3.8) is 0 Å². The van der Waals surface area contributed by atoms with E-state index in [0.717, 1.165) is 34.3 Å². The van der Waals surface area contributed by atoms with Crippen LogP contribution in [-0.4, -0.2) is 37.2 Å². The lowest BCUT2D eigenvalue weighted by Gasteiger charge is -2.18. The molecule has 0 radical (unpaired) electrons. The van der Waals surface area contributed by atoms with Crippen LogP contribution in [-0.2, 0) is 13.1 Å². The zero-order valence-electron chi connectivity index (χ0n) is 13.3. The monoisotopic (exact) mass is 333 g/mol. The molecule has 23 heavy (non-hydrogen) atoms. The van der Waals surface area contributed by atoms with E-state index < -0.39 is 0 Å². The molecule has 0 saturated carbocycles. The number of halogens is 1. The van der Waals surface area contributed by atoms with Crippen molar-refractivity contribution in [2.45, 2.75) is 13.1 Å². The zero-order chi connectivity index (χ0) is 16.2. The average Bonchev–Trinajstić information content (AvgIpc) is 2.55. The van der Waals surface area contributed by atoms with E-state index >= 15 is 0 Å². The quantitative estimate of drug-likeness (QED) is 0.910. The van der Waals surface area contributed by atoms with Crippen LogP contribution in [0.5, 0.6) is 11.5 Å². The van der Waals surface area contributed by atoms with Crippen molar-refractivity contribution in [2.24, 2.45) is 0 Å². The summed E-state index contributed by atoms with van der Waals surface area (Å²) < 4.78 is 11.1. The molecule has 1 aromatic heterocycles. The SMILES string of the molecule is CN(C)Cc1cc(NCc2cc3c(cn2)OCCO3)ccc1Cl. The van der Waals surface area contributed by atoms with Gasteiger partial charge in [0.05, 0.1) is 18.4 Å². The summed E-state index contributed by atoms with van der Waals surface area (Å²) >= 11 is 6.24. The maximum Gasteiger partial charge on any atom is 0.179 e. The molecule has 0 fully saturated rings. The van der Waals surface area contributed by atoms with Gasteiger partial charge in [0, 0.05) is 23.3 Å². The third-order valence-electron chi connectivity index (χ3n) is 3.49. The predicted molar refractivity (Wildman–Crippen MR) is 91.4 cm³/mol. The summed E-state index contributed by atoms with van der Waals surface area (Å²) in [4.78, 5) is 6.48. The molecule has 0 aliphatic carbocycles. The topological polar surface area (TPSA) is 46.6 Å². The Balaban J connectivity index is 1.68. The second-order valence-corrected chi connectivity index (χ2v) is 6.12. The van der Waals surface area contributed by atoms with E-state index in [-0.39, 0.29) is 0 Å². The van der Waals surface area contributed by atoms with Gasteiger partial charge in [0.25, 0.3) is 0 Å². The van der Waals surface area contributed by atoms with Gasteiger partial charge in [-0.3, -0.25) is 4.98 Å². The van der Waals surface area contributed by atoms with Crippen molar-refractivity contribution < 1.29 is 9.47 Å². The number of aromatic nitrogens is 1. The molecule has 6 heteroatoms. The van der Waals surface area contributed by atoms with Crippen LogP contribution >= 0.6 is 11.6 Å². The Kier molecular flexibility index (Phi) is 4.88. The van der Waals surface area contributed by atoms with Crippen LogP contribution in [0, 0.1) is 0 Å². The summed E-state index contributed by atoms with van der Waals surface area (Å²) in [5.41, 5.74) is 3.01. The standard InChI is InChI=1S/C17H20ClN3O2/c1-21(2)11-12-7-13(3-4-15(12)18)19-9-14-8-16-17(10-20-14)23-6-5-22-16/h3-4,7-8,10,19H,5-6,9,11H2,1-2H3. The number of ether oxygens (including phenoxy) is 2. The highest BCUT2D eigenvalue weighted by Crippen LogP contribution is 2.29. The van der Waals surface area contributed by atoms with Crippen LogP contribution in [0.15, 0.2) is 30.5 Å². The lowest BCUT2D eigenvalue weighted by atomic mass is 10.2. The van der Waals surface area contributed by atoms with Gasteiger partial charge in [-0.05, 0) is 37.9 Å². The van der Waals surface area contributed by atoms with E-state index in [1.54, 1.807) is 6.20 Å². The van der Waals surface area contributed by atoms with Gasteiger partial charge in [-0.15, -0.1) is 0 Å². The Labute approximate surface area is 141 Å². The lowest BCUT2D eigenvalue weighted by molar-refractivity contribution is 0.170. The van der Waals surface area contributed by atoms with Crippen molar-refractivity contribution >= 4 is 17.3 Å². The maximum atomic E-state index is 6.24. The highest BCUT2D eigenvalue weighted by Gasteiger charge is 2.12. The maximum absolute atomic E-state index is 6.24. The minimum Gasteiger partial charge on any atom is -0.486 e. The fourth-order valence-corrected chi connectivity index (χ4v) is 2.60. The Morgan fingerprint density at radius 1 is 1.17 bits per heavy atom. The Morgan fingerprint density at radius 2 is 1.96 bits per heavy atom. The van der Waals surface area contributed by atoms with E-state index in [1.165, 1.54) is 0 Å². The second kappa shape index (κ2) is 7.06. The molecule has 1 aliphatic heterocycles. The first kappa shape index (κ1) is 15.9. The summed E-state index contributed by atoms with van der Waals surface area (Å²) in [7, 11) is 4.05. The van der Waals surface area contributed by atoms with E-state index in [2.05, 4.69) is 21.3 Å². The van der Waals surface area contributed by atoms with Crippen LogP contribution in [0.25, 0.3) is 0 Å². The molecular formula is C17H20ClN3O2. The smallest absolute Gasteiger partial charge is 0.179 e. The number of fused-ring (bicyclic) bond motifs is 1.